The van der Waals surface area contributed by atoms with E-state index in [1.165, 1.54) is 12.8 Å². The summed E-state index contributed by atoms with van der Waals surface area (Å²) in [6, 6.07) is 14.8. The average molecular weight is 458 g/mol. The molecule has 1 heterocycles. The van der Waals surface area contributed by atoms with Crippen molar-refractivity contribution in [2.75, 3.05) is 32.7 Å². The molecule has 2 aromatic rings. The lowest BCUT2D eigenvalue weighted by Gasteiger charge is -2.34. The van der Waals surface area contributed by atoms with Crippen LogP contribution in [0.1, 0.15) is 46.0 Å². The maximum Gasteiger partial charge on any atom is 0.253 e. The van der Waals surface area contributed by atoms with Crippen molar-refractivity contribution in [3.05, 3.63) is 69.7 Å². The Hall–Kier alpha value is -2.18. The third kappa shape index (κ3) is 6.15. The molecule has 29 heavy (non-hydrogen) atoms. The van der Waals surface area contributed by atoms with Gasteiger partial charge < -0.3 is 10.2 Å². The highest BCUT2D eigenvalue weighted by Gasteiger charge is 2.21. The molecule has 2 amide bonds. The highest BCUT2D eigenvalue weighted by Crippen LogP contribution is 2.13. The maximum atomic E-state index is 12.7. The van der Waals surface area contributed by atoms with Crippen LogP contribution in [0.5, 0.6) is 0 Å². The highest BCUT2D eigenvalue weighted by atomic mass is 79.9. The van der Waals surface area contributed by atoms with Crippen LogP contribution in [0.4, 0.5) is 0 Å². The summed E-state index contributed by atoms with van der Waals surface area (Å²) in [6.45, 7) is 7.22. The zero-order valence-corrected chi connectivity index (χ0v) is 18.5. The van der Waals surface area contributed by atoms with Crippen molar-refractivity contribution in [3.63, 3.8) is 0 Å². The molecule has 0 saturated carbocycles. The van der Waals surface area contributed by atoms with E-state index in [-0.39, 0.29) is 11.8 Å². The number of hydrogen-bond acceptors (Lipinski definition) is 3. The first-order valence-corrected chi connectivity index (χ1v) is 11.0. The second-order valence-electron chi connectivity index (χ2n) is 7.38. The maximum absolute atomic E-state index is 12.7. The van der Waals surface area contributed by atoms with Crippen LogP contribution in [0.2, 0.25) is 0 Å². The second-order valence-corrected chi connectivity index (χ2v) is 8.29. The number of carbonyl (C=O) groups is 2. The van der Waals surface area contributed by atoms with Crippen molar-refractivity contribution in [2.24, 2.45) is 0 Å². The summed E-state index contributed by atoms with van der Waals surface area (Å²) in [7, 11) is 0. The van der Waals surface area contributed by atoms with Crippen molar-refractivity contribution >= 4 is 27.7 Å². The van der Waals surface area contributed by atoms with Gasteiger partial charge in [0.2, 0.25) is 0 Å². The second kappa shape index (κ2) is 10.6. The molecular formula is C23H28BrN3O2. The van der Waals surface area contributed by atoms with Crippen molar-refractivity contribution in [3.8, 4) is 0 Å². The van der Waals surface area contributed by atoms with Gasteiger partial charge in [-0.3, -0.25) is 14.5 Å². The summed E-state index contributed by atoms with van der Waals surface area (Å²) in [5, 5.41) is 2.92. The summed E-state index contributed by atoms with van der Waals surface area (Å²) in [5.74, 6) is -0.0303. The number of carbonyl (C=O) groups excluding carboxylic acids is 2. The van der Waals surface area contributed by atoms with E-state index in [4.69, 9.17) is 0 Å². The third-order valence-electron chi connectivity index (χ3n) is 5.23. The summed E-state index contributed by atoms with van der Waals surface area (Å²) >= 11 is 3.38. The molecule has 0 atom stereocenters. The zero-order chi connectivity index (χ0) is 20.6. The highest BCUT2D eigenvalue weighted by molar-refractivity contribution is 9.10. The monoisotopic (exact) mass is 457 g/mol. The molecule has 5 nitrogen and oxygen atoms in total. The number of nitrogens with one attached hydrogen (secondary N) is 1. The quantitative estimate of drug-likeness (QED) is 0.684. The van der Waals surface area contributed by atoms with Crippen molar-refractivity contribution in [2.45, 2.75) is 26.3 Å². The minimum Gasteiger partial charge on any atom is -0.348 e. The first kappa shape index (κ1) is 21.5. The van der Waals surface area contributed by atoms with E-state index in [0.717, 1.165) is 42.8 Å². The van der Waals surface area contributed by atoms with Crippen LogP contribution in [0.15, 0.2) is 53.0 Å². The Morgan fingerprint density at radius 3 is 2.38 bits per heavy atom. The molecule has 6 heteroatoms. The molecule has 3 rings (SSSR count). The predicted octanol–water partition coefficient (Wildman–Crippen LogP) is 3.94. The van der Waals surface area contributed by atoms with Gasteiger partial charge in [-0.25, -0.2) is 0 Å². The standard InChI is InChI=1S/C23H28BrN3O2/c1-2-3-11-26-12-14-27(15-13-26)23(29)19-9-7-18(8-10-19)17-25-22(28)20-5-4-6-21(24)16-20/h4-10,16H,2-3,11-15,17H2,1H3,(H,25,28). The molecule has 1 saturated heterocycles. The Morgan fingerprint density at radius 2 is 1.72 bits per heavy atom. The zero-order valence-electron chi connectivity index (χ0n) is 16.9. The predicted molar refractivity (Wildman–Crippen MR) is 119 cm³/mol. The van der Waals surface area contributed by atoms with Crippen LogP contribution in [0.25, 0.3) is 0 Å². The van der Waals surface area contributed by atoms with Gasteiger partial charge in [-0.1, -0.05) is 47.5 Å². The number of halogens is 1. The lowest BCUT2D eigenvalue weighted by atomic mass is 10.1. The van der Waals surface area contributed by atoms with Crippen LogP contribution in [0, 0.1) is 0 Å². The Morgan fingerprint density at radius 1 is 1.00 bits per heavy atom. The minimum atomic E-state index is -0.118. The van der Waals surface area contributed by atoms with E-state index >= 15 is 0 Å². The molecule has 2 aromatic carbocycles. The first-order chi connectivity index (χ1) is 14.1. The molecule has 1 aliphatic rings. The molecular weight excluding hydrogens is 430 g/mol. The number of nitrogens with zero attached hydrogens (tertiary/aromatic N) is 2. The number of hydrogen-bond donors (Lipinski definition) is 1. The summed E-state index contributed by atoms with van der Waals surface area (Å²) in [4.78, 5) is 29.4. The molecule has 1 fully saturated rings. The third-order valence-corrected chi connectivity index (χ3v) is 5.72. The van der Waals surface area contributed by atoms with Crippen molar-refractivity contribution < 1.29 is 9.59 Å². The minimum absolute atomic E-state index is 0.0878. The summed E-state index contributed by atoms with van der Waals surface area (Å²) < 4.78 is 0.874. The van der Waals surface area contributed by atoms with E-state index in [9.17, 15) is 9.59 Å². The topological polar surface area (TPSA) is 52.6 Å². The number of rotatable bonds is 7. The fourth-order valence-electron chi connectivity index (χ4n) is 3.42. The van der Waals surface area contributed by atoms with Crippen LogP contribution < -0.4 is 5.32 Å². The Bertz CT molecular complexity index is 830. The molecule has 0 radical (unpaired) electrons. The number of piperazine rings is 1. The molecule has 0 bridgehead atoms. The van der Waals surface area contributed by atoms with Gasteiger partial charge in [0.15, 0.2) is 0 Å². The fraction of sp³-hybridized carbons (Fsp3) is 0.391. The lowest BCUT2D eigenvalue weighted by Crippen LogP contribution is -2.48. The number of amides is 2. The summed E-state index contributed by atoms with van der Waals surface area (Å²) in [5.41, 5.74) is 2.28. The molecule has 1 N–H and O–H groups in total. The largest absolute Gasteiger partial charge is 0.348 e. The molecule has 1 aliphatic heterocycles. The van der Waals surface area contributed by atoms with E-state index < -0.39 is 0 Å². The Labute approximate surface area is 181 Å². The number of unbranched alkanes of at least 4 members (excludes halogenated alkanes) is 1. The van der Waals surface area contributed by atoms with Gasteiger partial charge in [-0.05, 0) is 48.9 Å². The Balaban J connectivity index is 1.49. The normalized spacial score (nSPS) is 14.6. The van der Waals surface area contributed by atoms with Crippen LogP contribution in [-0.4, -0.2) is 54.3 Å². The Kier molecular flexibility index (Phi) is 7.83. The van der Waals surface area contributed by atoms with Gasteiger partial charge in [-0.15, -0.1) is 0 Å². The molecule has 0 unspecified atom stereocenters. The average Bonchev–Trinajstić information content (AvgIpc) is 2.76. The van der Waals surface area contributed by atoms with Gasteiger partial charge in [0.05, 0.1) is 0 Å². The van der Waals surface area contributed by atoms with Gasteiger partial charge in [0.1, 0.15) is 0 Å². The van der Waals surface area contributed by atoms with E-state index in [2.05, 4.69) is 33.1 Å². The van der Waals surface area contributed by atoms with Gasteiger partial charge in [0, 0.05) is 48.3 Å². The molecule has 0 aromatic heterocycles. The molecule has 0 aliphatic carbocycles. The van der Waals surface area contributed by atoms with E-state index in [1.807, 2.05) is 41.3 Å². The van der Waals surface area contributed by atoms with Crippen LogP contribution in [0.3, 0.4) is 0 Å². The number of benzene rings is 2. The fourth-order valence-corrected chi connectivity index (χ4v) is 3.82. The molecule has 154 valence electrons. The lowest BCUT2D eigenvalue weighted by molar-refractivity contribution is 0.0635. The molecule has 0 spiro atoms. The van der Waals surface area contributed by atoms with Gasteiger partial charge in [-0.2, -0.15) is 0 Å². The van der Waals surface area contributed by atoms with Crippen molar-refractivity contribution in [1.29, 1.82) is 0 Å². The smallest absolute Gasteiger partial charge is 0.253 e. The summed E-state index contributed by atoms with van der Waals surface area (Å²) in [6.07, 6.45) is 2.42. The van der Waals surface area contributed by atoms with E-state index in [0.29, 0.717) is 17.7 Å². The van der Waals surface area contributed by atoms with Gasteiger partial charge >= 0.3 is 0 Å². The van der Waals surface area contributed by atoms with Gasteiger partial charge in [0.25, 0.3) is 11.8 Å². The van der Waals surface area contributed by atoms with E-state index in [1.54, 1.807) is 12.1 Å². The van der Waals surface area contributed by atoms with Crippen LogP contribution in [-0.2, 0) is 6.54 Å². The van der Waals surface area contributed by atoms with Crippen molar-refractivity contribution in [1.82, 2.24) is 15.1 Å². The first-order valence-electron chi connectivity index (χ1n) is 10.2. The van der Waals surface area contributed by atoms with Crippen LogP contribution >= 0.6 is 15.9 Å². The SMILES string of the molecule is CCCCN1CCN(C(=O)c2ccc(CNC(=O)c3cccc(Br)c3)cc2)CC1.